The van der Waals surface area contributed by atoms with Crippen LogP contribution in [0.2, 0.25) is 0 Å². The molecule has 0 aromatic rings. The second-order valence-corrected chi connectivity index (χ2v) is 3.04. The van der Waals surface area contributed by atoms with Crippen molar-refractivity contribution >= 4 is 0 Å². The highest BCUT2D eigenvalue weighted by molar-refractivity contribution is 4.74. The molecule has 68 valence electrons. The van der Waals surface area contributed by atoms with Crippen LogP contribution in [0, 0.1) is 5.92 Å². The maximum Gasteiger partial charge on any atom is 0.115 e. The van der Waals surface area contributed by atoms with E-state index in [4.69, 9.17) is 0 Å². The Hall–Kier alpha value is -0.110. The molecular weight excluding hydrogens is 141 g/mol. The van der Waals surface area contributed by atoms with Crippen LogP contribution in [0.25, 0.3) is 0 Å². The van der Waals surface area contributed by atoms with Crippen molar-refractivity contribution in [3.63, 3.8) is 0 Å². The second kappa shape index (κ2) is 5.53. The Kier molecular flexibility index (Phi) is 5.47. The van der Waals surface area contributed by atoms with E-state index in [0.717, 1.165) is 13.0 Å². The zero-order valence-electron chi connectivity index (χ0n) is 8.10. The Morgan fingerprint density at radius 2 is 1.91 bits per heavy atom. The molecule has 1 aliphatic rings. The summed E-state index contributed by atoms with van der Waals surface area (Å²) in [6.45, 7) is 7.67. The Morgan fingerprint density at radius 3 is 2.27 bits per heavy atom. The third-order valence-corrected chi connectivity index (χ3v) is 2.07. The summed E-state index contributed by atoms with van der Waals surface area (Å²) in [4.78, 5) is 2.05. The molecule has 0 aromatic carbocycles. The van der Waals surface area contributed by atoms with Crippen molar-refractivity contribution in [2.24, 2.45) is 5.92 Å². The molecule has 0 aromatic heterocycles. The number of halogens is 1. The van der Waals surface area contributed by atoms with Crippen molar-refractivity contribution in [2.45, 2.75) is 33.4 Å². The third kappa shape index (κ3) is 3.71. The van der Waals surface area contributed by atoms with Crippen LogP contribution in [-0.4, -0.2) is 31.2 Å². The summed E-state index contributed by atoms with van der Waals surface area (Å²) in [6.07, 6.45) is 0.418. The monoisotopic (exact) mass is 161 g/mol. The molecule has 1 rings (SSSR count). The minimum atomic E-state index is -0.594. The van der Waals surface area contributed by atoms with Gasteiger partial charge in [-0.3, -0.25) is 0 Å². The van der Waals surface area contributed by atoms with Gasteiger partial charge < -0.3 is 4.90 Å². The number of alkyl halides is 1. The Balaban J connectivity index is 0.000000461. The molecule has 1 aliphatic heterocycles. The molecule has 1 heterocycles. The molecule has 1 saturated heterocycles. The SMILES string of the molecule is CC.CC1CCN(C)C[C@H]1F. The van der Waals surface area contributed by atoms with E-state index in [-0.39, 0.29) is 5.92 Å². The summed E-state index contributed by atoms with van der Waals surface area (Å²) in [5.41, 5.74) is 0. The van der Waals surface area contributed by atoms with Crippen LogP contribution < -0.4 is 0 Å². The Labute approximate surface area is 69.6 Å². The third-order valence-electron chi connectivity index (χ3n) is 2.07. The second-order valence-electron chi connectivity index (χ2n) is 3.04. The minimum absolute atomic E-state index is 0.279. The number of hydrogen-bond donors (Lipinski definition) is 0. The van der Waals surface area contributed by atoms with Crippen molar-refractivity contribution in [3.05, 3.63) is 0 Å². The summed E-state index contributed by atoms with van der Waals surface area (Å²) in [5, 5.41) is 0. The number of rotatable bonds is 0. The van der Waals surface area contributed by atoms with Gasteiger partial charge in [-0.05, 0) is 25.9 Å². The first-order valence-electron chi connectivity index (χ1n) is 4.53. The maximum absolute atomic E-state index is 12.8. The molecule has 0 bridgehead atoms. The quantitative estimate of drug-likeness (QED) is 0.527. The highest BCUT2D eigenvalue weighted by Crippen LogP contribution is 2.17. The summed E-state index contributed by atoms with van der Waals surface area (Å²) in [7, 11) is 1.97. The zero-order chi connectivity index (χ0) is 8.85. The number of piperidine rings is 1. The lowest BCUT2D eigenvalue weighted by atomic mass is 9.98. The van der Waals surface area contributed by atoms with Gasteiger partial charge in [-0.15, -0.1) is 0 Å². The van der Waals surface area contributed by atoms with E-state index in [0.29, 0.717) is 6.54 Å². The van der Waals surface area contributed by atoms with Crippen LogP contribution in [0.3, 0.4) is 0 Å². The van der Waals surface area contributed by atoms with E-state index < -0.39 is 6.17 Å². The number of likely N-dealkylation sites (tertiary alicyclic amines) is 1. The van der Waals surface area contributed by atoms with Crippen LogP contribution in [0.4, 0.5) is 4.39 Å². The predicted molar refractivity (Wildman–Crippen MR) is 47.5 cm³/mol. The van der Waals surface area contributed by atoms with Crippen molar-refractivity contribution in [1.29, 1.82) is 0 Å². The fourth-order valence-electron chi connectivity index (χ4n) is 1.17. The van der Waals surface area contributed by atoms with Crippen molar-refractivity contribution in [2.75, 3.05) is 20.1 Å². The molecule has 0 N–H and O–H groups in total. The van der Waals surface area contributed by atoms with Crippen LogP contribution >= 0.6 is 0 Å². The molecule has 11 heavy (non-hydrogen) atoms. The van der Waals surface area contributed by atoms with Gasteiger partial charge in [0.15, 0.2) is 0 Å². The van der Waals surface area contributed by atoms with Crippen LogP contribution in [0.15, 0.2) is 0 Å². The van der Waals surface area contributed by atoms with Crippen molar-refractivity contribution in [1.82, 2.24) is 4.90 Å². The average molecular weight is 161 g/mol. The van der Waals surface area contributed by atoms with Gasteiger partial charge in [0.25, 0.3) is 0 Å². The normalized spacial score (nSPS) is 32.5. The van der Waals surface area contributed by atoms with E-state index >= 15 is 0 Å². The lowest BCUT2D eigenvalue weighted by Gasteiger charge is -2.29. The van der Waals surface area contributed by atoms with Gasteiger partial charge >= 0.3 is 0 Å². The standard InChI is InChI=1S/C7H14FN.C2H6/c1-6-3-4-9(2)5-7(6)8;1-2/h6-7H,3-5H2,1-2H3;1-2H3/t6?,7-;/m1./s1. The molecule has 2 atom stereocenters. The molecule has 0 aliphatic carbocycles. The fraction of sp³-hybridized carbons (Fsp3) is 1.00. The largest absolute Gasteiger partial charge is 0.303 e. The molecule has 1 unspecified atom stereocenters. The smallest absolute Gasteiger partial charge is 0.115 e. The van der Waals surface area contributed by atoms with E-state index in [9.17, 15) is 4.39 Å². The van der Waals surface area contributed by atoms with Gasteiger partial charge in [-0.25, -0.2) is 4.39 Å². The zero-order valence-corrected chi connectivity index (χ0v) is 8.10. The molecule has 0 amide bonds. The Morgan fingerprint density at radius 1 is 1.36 bits per heavy atom. The number of nitrogens with zero attached hydrogens (tertiary/aromatic N) is 1. The Bertz CT molecular complexity index is 95.6. The minimum Gasteiger partial charge on any atom is -0.303 e. The summed E-state index contributed by atoms with van der Waals surface area (Å²) in [5.74, 6) is 0.279. The first kappa shape index (κ1) is 10.9. The first-order chi connectivity index (χ1) is 5.20. The molecule has 0 radical (unpaired) electrons. The molecule has 2 heteroatoms. The fourth-order valence-corrected chi connectivity index (χ4v) is 1.17. The molecule has 1 nitrogen and oxygen atoms in total. The van der Waals surface area contributed by atoms with Crippen LogP contribution in [-0.2, 0) is 0 Å². The van der Waals surface area contributed by atoms with Crippen LogP contribution in [0.1, 0.15) is 27.2 Å². The van der Waals surface area contributed by atoms with Gasteiger partial charge in [0, 0.05) is 6.54 Å². The topological polar surface area (TPSA) is 3.24 Å². The highest BCUT2D eigenvalue weighted by Gasteiger charge is 2.22. The molecule has 1 fully saturated rings. The lowest BCUT2D eigenvalue weighted by molar-refractivity contribution is 0.112. The van der Waals surface area contributed by atoms with Crippen molar-refractivity contribution in [3.8, 4) is 0 Å². The summed E-state index contributed by atoms with van der Waals surface area (Å²) < 4.78 is 12.8. The molecule has 0 saturated carbocycles. The average Bonchev–Trinajstić information content (AvgIpc) is 2.02. The lowest BCUT2D eigenvalue weighted by Crippen LogP contribution is -2.38. The van der Waals surface area contributed by atoms with E-state index in [1.54, 1.807) is 0 Å². The van der Waals surface area contributed by atoms with Crippen LogP contribution in [0.5, 0.6) is 0 Å². The molecular formula is C9H20FN. The number of hydrogen-bond acceptors (Lipinski definition) is 1. The van der Waals surface area contributed by atoms with Gasteiger partial charge in [-0.2, -0.15) is 0 Å². The summed E-state index contributed by atoms with van der Waals surface area (Å²) in [6, 6.07) is 0. The first-order valence-corrected chi connectivity index (χ1v) is 4.53. The maximum atomic E-state index is 12.8. The highest BCUT2D eigenvalue weighted by atomic mass is 19.1. The molecule has 0 spiro atoms. The van der Waals surface area contributed by atoms with Gasteiger partial charge in [0.2, 0.25) is 0 Å². The van der Waals surface area contributed by atoms with Gasteiger partial charge in [0.05, 0.1) is 0 Å². The van der Waals surface area contributed by atoms with E-state index in [2.05, 4.69) is 0 Å². The predicted octanol–water partition coefficient (Wildman–Crippen LogP) is 2.32. The van der Waals surface area contributed by atoms with E-state index in [1.165, 1.54) is 0 Å². The van der Waals surface area contributed by atoms with E-state index in [1.807, 2.05) is 32.7 Å². The van der Waals surface area contributed by atoms with Gasteiger partial charge in [0.1, 0.15) is 6.17 Å². The van der Waals surface area contributed by atoms with Gasteiger partial charge in [-0.1, -0.05) is 20.8 Å². The summed E-state index contributed by atoms with van der Waals surface area (Å²) >= 11 is 0. The van der Waals surface area contributed by atoms with Crippen molar-refractivity contribution < 1.29 is 4.39 Å².